The molecule has 0 saturated heterocycles. The molecular formula is C14H18FNO4. The van der Waals surface area contributed by atoms with Crippen molar-refractivity contribution in [1.29, 1.82) is 0 Å². The van der Waals surface area contributed by atoms with Crippen molar-refractivity contribution in [1.82, 2.24) is 5.32 Å². The van der Waals surface area contributed by atoms with E-state index in [1.165, 1.54) is 26.2 Å². The standard InChI is InChI=1S/C14H18FNO4/c1-9(7-19-3)16-14(18)8-20-13-5-4-11(15)6-12(13)10(2)17/h4-6,9H,7-8H2,1-3H3,(H,16,18). The van der Waals surface area contributed by atoms with Crippen molar-refractivity contribution in [3.8, 4) is 5.75 Å². The highest BCUT2D eigenvalue weighted by atomic mass is 19.1. The van der Waals surface area contributed by atoms with Crippen LogP contribution in [0.1, 0.15) is 24.2 Å². The summed E-state index contributed by atoms with van der Waals surface area (Å²) < 4.78 is 23.2. The van der Waals surface area contributed by atoms with Crippen molar-refractivity contribution in [2.75, 3.05) is 20.3 Å². The second kappa shape index (κ2) is 7.59. The third-order valence-electron chi connectivity index (χ3n) is 2.50. The molecule has 0 aliphatic heterocycles. The number of methoxy groups -OCH3 is 1. The predicted molar refractivity (Wildman–Crippen MR) is 71.4 cm³/mol. The molecule has 0 radical (unpaired) electrons. The highest BCUT2D eigenvalue weighted by Crippen LogP contribution is 2.20. The van der Waals surface area contributed by atoms with Crippen molar-refractivity contribution < 1.29 is 23.5 Å². The summed E-state index contributed by atoms with van der Waals surface area (Å²) in [6, 6.07) is 3.45. The van der Waals surface area contributed by atoms with Crippen molar-refractivity contribution >= 4 is 11.7 Å². The topological polar surface area (TPSA) is 64.6 Å². The van der Waals surface area contributed by atoms with E-state index in [1.54, 1.807) is 6.92 Å². The van der Waals surface area contributed by atoms with E-state index in [0.29, 0.717) is 6.61 Å². The molecule has 0 heterocycles. The first-order valence-corrected chi connectivity index (χ1v) is 6.15. The summed E-state index contributed by atoms with van der Waals surface area (Å²) in [4.78, 5) is 23.0. The van der Waals surface area contributed by atoms with Crippen LogP contribution in [-0.2, 0) is 9.53 Å². The van der Waals surface area contributed by atoms with E-state index in [2.05, 4.69) is 5.32 Å². The number of carbonyl (C=O) groups is 2. The van der Waals surface area contributed by atoms with Crippen LogP contribution in [0.4, 0.5) is 4.39 Å². The van der Waals surface area contributed by atoms with Gasteiger partial charge in [0.1, 0.15) is 11.6 Å². The quantitative estimate of drug-likeness (QED) is 0.771. The first-order valence-electron chi connectivity index (χ1n) is 6.15. The first-order chi connectivity index (χ1) is 9.43. The SMILES string of the molecule is COCC(C)NC(=O)COc1ccc(F)cc1C(C)=O. The molecule has 1 unspecified atom stereocenters. The number of carbonyl (C=O) groups excluding carboxylic acids is 2. The first kappa shape index (κ1) is 16.1. The van der Waals surface area contributed by atoms with E-state index in [1.807, 2.05) is 0 Å². The van der Waals surface area contributed by atoms with Gasteiger partial charge in [0.15, 0.2) is 12.4 Å². The second-order valence-corrected chi connectivity index (χ2v) is 4.41. The Balaban J connectivity index is 2.61. The Morgan fingerprint density at radius 3 is 2.70 bits per heavy atom. The zero-order valence-corrected chi connectivity index (χ0v) is 11.7. The number of ketones is 1. The molecule has 0 aromatic heterocycles. The minimum atomic E-state index is -0.527. The van der Waals surface area contributed by atoms with Gasteiger partial charge in [-0.15, -0.1) is 0 Å². The van der Waals surface area contributed by atoms with Gasteiger partial charge in [0.2, 0.25) is 0 Å². The van der Waals surface area contributed by atoms with Gasteiger partial charge in [0, 0.05) is 13.2 Å². The Kier molecular flexibility index (Phi) is 6.11. The summed E-state index contributed by atoms with van der Waals surface area (Å²) in [7, 11) is 1.54. The number of hydrogen-bond donors (Lipinski definition) is 1. The number of Topliss-reactive ketones (excluding diaryl/α,β-unsaturated/α-hetero) is 1. The van der Waals surface area contributed by atoms with Crippen LogP contribution in [0.5, 0.6) is 5.75 Å². The average molecular weight is 283 g/mol. The van der Waals surface area contributed by atoms with Crippen LogP contribution in [0.2, 0.25) is 0 Å². The largest absolute Gasteiger partial charge is 0.483 e. The fourth-order valence-electron chi connectivity index (χ4n) is 1.65. The van der Waals surface area contributed by atoms with E-state index in [-0.39, 0.29) is 35.7 Å². The molecular weight excluding hydrogens is 265 g/mol. The minimum Gasteiger partial charge on any atom is -0.483 e. The highest BCUT2D eigenvalue weighted by Gasteiger charge is 2.12. The highest BCUT2D eigenvalue weighted by molar-refractivity contribution is 5.96. The maximum atomic E-state index is 13.1. The molecule has 0 spiro atoms. The molecule has 5 nitrogen and oxygen atoms in total. The molecule has 1 aromatic rings. The summed E-state index contributed by atoms with van der Waals surface area (Å²) >= 11 is 0. The van der Waals surface area contributed by atoms with Crippen LogP contribution in [0.25, 0.3) is 0 Å². The van der Waals surface area contributed by atoms with Gasteiger partial charge >= 0.3 is 0 Å². The molecule has 0 aliphatic carbocycles. The molecule has 1 aromatic carbocycles. The molecule has 110 valence electrons. The fraction of sp³-hybridized carbons (Fsp3) is 0.429. The maximum Gasteiger partial charge on any atom is 0.258 e. The van der Waals surface area contributed by atoms with Gasteiger partial charge in [-0.2, -0.15) is 0 Å². The third-order valence-corrected chi connectivity index (χ3v) is 2.50. The summed E-state index contributed by atoms with van der Waals surface area (Å²) in [6.07, 6.45) is 0. The smallest absolute Gasteiger partial charge is 0.258 e. The van der Waals surface area contributed by atoms with Crippen molar-refractivity contribution in [2.24, 2.45) is 0 Å². The van der Waals surface area contributed by atoms with Gasteiger partial charge in [-0.1, -0.05) is 0 Å². The Morgan fingerprint density at radius 2 is 2.10 bits per heavy atom. The average Bonchev–Trinajstić information content (AvgIpc) is 2.37. The number of hydrogen-bond acceptors (Lipinski definition) is 4. The molecule has 0 saturated carbocycles. The van der Waals surface area contributed by atoms with Crippen LogP contribution < -0.4 is 10.1 Å². The van der Waals surface area contributed by atoms with E-state index >= 15 is 0 Å². The molecule has 20 heavy (non-hydrogen) atoms. The van der Waals surface area contributed by atoms with Crippen LogP contribution in [0.3, 0.4) is 0 Å². The predicted octanol–water partition coefficient (Wildman–Crippen LogP) is 1.56. The maximum absolute atomic E-state index is 13.1. The Bertz CT molecular complexity index is 490. The van der Waals surface area contributed by atoms with Gasteiger partial charge in [-0.05, 0) is 32.0 Å². The Morgan fingerprint density at radius 1 is 1.40 bits per heavy atom. The summed E-state index contributed by atoms with van der Waals surface area (Å²) in [5.74, 6) is -1.00. The number of nitrogens with one attached hydrogen (secondary N) is 1. The Hall–Kier alpha value is -1.95. The minimum absolute atomic E-state index is 0.114. The van der Waals surface area contributed by atoms with Gasteiger partial charge < -0.3 is 14.8 Å². The zero-order valence-electron chi connectivity index (χ0n) is 11.7. The number of halogens is 1. The lowest BCUT2D eigenvalue weighted by Crippen LogP contribution is -2.38. The lowest BCUT2D eigenvalue weighted by molar-refractivity contribution is -0.124. The molecule has 1 N–H and O–H groups in total. The lowest BCUT2D eigenvalue weighted by atomic mass is 10.1. The van der Waals surface area contributed by atoms with Crippen molar-refractivity contribution in [3.05, 3.63) is 29.6 Å². The summed E-state index contributed by atoms with van der Waals surface area (Å²) in [5.41, 5.74) is 0.114. The molecule has 0 bridgehead atoms. The van der Waals surface area contributed by atoms with Crippen LogP contribution in [0.15, 0.2) is 18.2 Å². The van der Waals surface area contributed by atoms with Gasteiger partial charge in [0.05, 0.1) is 12.2 Å². The molecule has 0 fully saturated rings. The second-order valence-electron chi connectivity index (χ2n) is 4.41. The zero-order chi connectivity index (χ0) is 15.1. The van der Waals surface area contributed by atoms with Crippen LogP contribution >= 0.6 is 0 Å². The Labute approximate surface area is 117 Å². The van der Waals surface area contributed by atoms with E-state index in [9.17, 15) is 14.0 Å². The van der Waals surface area contributed by atoms with Crippen LogP contribution in [-0.4, -0.2) is 38.1 Å². The summed E-state index contributed by atoms with van der Waals surface area (Å²) in [6.45, 7) is 3.24. The molecule has 1 amide bonds. The molecule has 0 aliphatic rings. The normalized spacial score (nSPS) is 11.8. The van der Waals surface area contributed by atoms with Crippen molar-refractivity contribution in [2.45, 2.75) is 19.9 Å². The number of ether oxygens (including phenoxy) is 2. The number of benzene rings is 1. The van der Waals surface area contributed by atoms with Gasteiger partial charge in [-0.3, -0.25) is 9.59 Å². The summed E-state index contributed by atoms with van der Waals surface area (Å²) in [5, 5.41) is 2.66. The lowest BCUT2D eigenvalue weighted by Gasteiger charge is -2.14. The molecule has 1 atom stereocenters. The fourth-order valence-corrected chi connectivity index (χ4v) is 1.65. The monoisotopic (exact) mass is 283 g/mol. The van der Waals surface area contributed by atoms with E-state index in [0.717, 1.165) is 6.07 Å². The van der Waals surface area contributed by atoms with Gasteiger partial charge in [0.25, 0.3) is 5.91 Å². The number of rotatable bonds is 7. The third kappa shape index (κ3) is 4.97. The van der Waals surface area contributed by atoms with Crippen molar-refractivity contribution in [3.63, 3.8) is 0 Å². The number of amides is 1. The molecule has 6 heteroatoms. The van der Waals surface area contributed by atoms with E-state index < -0.39 is 5.82 Å². The van der Waals surface area contributed by atoms with Crippen LogP contribution in [0, 0.1) is 5.82 Å². The van der Waals surface area contributed by atoms with Gasteiger partial charge in [-0.25, -0.2) is 4.39 Å². The van der Waals surface area contributed by atoms with E-state index in [4.69, 9.17) is 9.47 Å². The molecule has 1 rings (SSSR count).